The molecule has 22 heavy (non-hydrogen) atoms. The summed E-state index contributed by atoms with van der Waals surface area (Å²) in [7, 11) is 0. The van der Waals surface area contributed by atoms with Crippen molar-refractivity contribution in [3.05, 3.63) is 52.0 Å². The third-order valence-electron chi connectivity index (χ3n) is 2.98. The maximum atomic E-state index is 11.9. The van der Waals surface area contributed by atoms with Crippen LogP contribution >= 0.6 is 15.9 Å². The summed E-state index contributed by atoms with van der Waals surface area (Å²) >= 11 is 3.21. The highest BCUT2D eigenvalue weighted by Gasteiger charge is 2.13. The van der Waals surface area contributed by atoms with Crippen molar-refractivity contribution in [3.8, 4) is 17.2 Å². The first-order valence-corrected chi connectivity index (χ1v) is 7.14. The number of rotatable bonds is 3. The number of halogens is 1. The van der Waals surface area contributed by atoms with Crippen molar-refractivity contribution >= 4 is 28.1 Å². The number of nitrogens with one attached hydrogen (secondary N) is 1. The van der Waals surface area contributed by atoms with Crippen LogP contribution in [-0.4, -0.2) is 24.0 Å². The smallest absolute Gasteiger partial charge is 0.275 e. The van der Waals surface area contributed by atoms with Gasteiger partial charge in [0.2, 0.25) is 6.79 Å². The Kier molecular flexibility index (Phi) is 3.97. The molecular weight excluding hydrogens is 352 g/mol. The summed E-state index contributed by atoms with van der Waals surface area (Å²) in [6.45, 7) is 0.204. The molecule has 1 amide bonds. The number of hydrazone groups is 1. The Morgan fingerprint density at radius 2 is 2.05 bits per heavy atom. The standard InChI is InChI=1S/C15H11BrN2O4/c16-10-2-3-11(12(19)6-10)15(20)18-17-7-9-1-4-13-14(5-9)22-8-21-13/h1-7,19H,8H2,(H,18,20)/b17-7+. The van der Waals surface area contributed by atoms with Crippen LogP contribution in [0.2, 0.25) is 0 Å². The van der Waals surface area contributed by atoms with E-state index in [0.29, 0.717) is 16.0 Å². The number of phenolic OH excluding ortho intramolecular Hbond substituents is 1. The molecule has 2 N–H and O–H groups in total. The molecule has 6 nitrogen and oxygen atoms in total. The van der Waals surface area contributed by atoms with Gasteiger partial charge in [0.1, 0.15) is 5.75 Å². The van der Waals surface area contributed by atoms with E-state index in [2.05, 4.69) is 26.5 Å². The second-order valence-electron chi connectivity index (χ2n) is 4.47. The van der Waals surface area contributed by atoms with Crippen molar-refractivity contribution in [2.75, 3.05) is 6.79 Å². The summed E-state index contributed by atoms with van der Waals surface area (Å²) in [5, 5.41) is 13.6. The number of carbonyl (C=O) groups is 1. The number of amides is 1. The van der Waals surface area contributed by atoms with Crippen LogP contribution in [0.5, 0.6) is 17.2 Å². The first kappa shape index (κ1) is 14.4. The first-order chi connectivity index (χ1) is 10.6. The number of benzene rings is 2. The molecule has 2 aromatic rings. The zero-order valence-corrected chi connectivity index (χ0v) is 12.8. The van der Waals surface area contributed by atoms with Crippen LogP contribution in [-0.2, 0) is 0 Å². The minimum atomic E-state index is -0.498. The van der Waals surface area contributed by atoms with Crippen LogP contribution in [0.25, 0.3) is 0 Å². The van der Waals surface area contributed by atoms with Crippen LogP contribution in [0.3, 0.4) is 0 Å². The second kappa shape index (κ2) is 6.07. The quantitative estimate of drug-likeness (QED) is 0.649. The van der Waals surface area contributed by atoms with Gasteiger partial charge in [-0.1, -0.05) is 15.9 Å². The number of hydrogen-bond acceptors (Lipinski definition) is 5. The number of aromatic hydroxyl groups is 1. The number of hydrogen-bond donors (Lipinski definition) is 2. The van der Waals surface area contributed by atoms with Gasteiger partial charge in [-0.05, 0) is 42.0 Å². The Morgan fingerprint density at radius 3 is 2.86 bits per heavy atom. The predicted molar refractivity (Wildman–Crippen MR) is 83.4 cm³/mol. The lowest BCUT2D eigenvalue weighted by Crippen LogP contribution is -2.17. The zero-order valence-electron chi connectivity index (χ0n) is 11.2. The Morgan fingerprint density at radius 1 is 1.23 bits per heavy atom. The molecular formula is C15H11BrN2O4. The lowest BCUT2D eigenvalue weighted by atomic mass is 10.2. The fourth-order valence-electron chi connectivity index (χ4n) is 1.92. The number of phenols is 1. The first-order valence-electron chi connectivity index (χ1n) is 6.35. The van der Waals surface area contributed by atoms with Gasteiger partial charge in [-0.3, -0.25) is 4.79 Å². The fourth-order valence-corrected chi connectivity index (χ4v) is 2.26. The molecule has 0 atom stereocenters. The SMILES string of the molecule is O=C(N/N=C/c1ccc2c(c1)OCO2)c1ccc(Br)cc1O. The van der Waals surface area contributed by atoms with Crippen molar-refractivity contribution < 1.29 is 19.4 Å². The highest BCUT2D eigenvalue weighted by molar-refractivity contribution is 9.10. The van der Waals surface area contributed by atoms with Crippen molar-refractivity contribution in [2.24, 2.45) is 5.10 Å². The van der Waals surface area contributed by atoms with Crippen molar-refractivity contribution in [1.29, 1.82) is 0 Å². The number of ether oxygens (including phenoxy) is 2. The zero-order chi connectivity index (χ0) is 15.5. The Bertz CT molecular complexity index is 761. The molecule has 0 fully saturated rings. The van der Waals surface area contributed by atoms with Crippen LogP contribution in [0.1, 0.15) is 15.9 Å². The molecule has 0 aliphatic carbocycles. The third-order valence-corrected chi connectivity index (χ3v) is 3.47. The number of fused-ring (bicyclic) bond motifs is 1. The van der Waals surface area contributed by atoms with Crippen molar-refractivity contribution in [2.45, 2.75) is 0 Å². The van der Waals surface area contributed by atoms with E-state index in [4.69, 9.17) is 9.47 Å². The number of carbonyl (C=O) groups excluding carboxylic acids is 1. The topological polar surface area (TPSA) is 80.2 Å². The van der Waals surface area contributed by atoms with Gasteiger partial charge < -0.3 is 14.6 Å². The van der Waals surface area contributed by atoms with E-state index in [-0.39, 0.29) is 18.1 Å². The summed E-state index contributed by atoms with van der Waals surface area (Å²) < 4.78 is 11.1. The van der Waals surface area contributed by atoms with Gasteiger partial charge in [-0.25, -0.2) is 5.43 Å². The molecule has 1 aliphatic rings. The predicted octanol–water partition coefficient (Wildman–Crippen LogP) is 2.65. The molecule has 0 saturated carbocycles. The Balaban J connectivity index is 1.68. The highest BCUT2D eigenvalue weighted by Crippen LogP contribution is 2.31. The van der Waals surface area contributed by atoms with Crippen molar-refractivity contribution in [3.63, 3.8) is 0 Å². The average molecular weight is 363 g/mol. The summed E-state index contributed by atoms with van der Waals surface area (Å²) in [5.74, 6) is 0.703. The van der Waals surface area contributed by atoms with Gasteiger partial charge >= 0.3 is 0 Å². The molecule has 3 rings (SSSR count). The molecule has 7 heteroatoms. The molecule has 1 heterocycles. The van der Waals surface area contributed by atoms with Crippen LogP contribution < -0.4 is 14.9 Å². The molecule has 0 saturated heterocycles. The lowest BCUT2D eigenvalue weighted by molar-refractivity contribution is 0.0952. The van der Waals surface area contributed by atoms with Gasteiger partial charge in [0.25, 0.3) is 5.91 Å². The van der Waals surface area contributed by atoms with Gasteiger partial charge in [-0.2, -0.15) is 5.10 Å². The highest BCUT2D eigenvalue weighted by atomic mass is 79.9. The molecule has 0 unspecified atom stereocenters. The third kappa shape index (κ3) is 3.04. The van der Waals surface area contributed by atoms with Crippen molar-refractivity contribution in [1.82, 2.24) is 5.43 Å². The molecule has 0 bridgehead atoms. The van der Waals surface area contributed by atoms with E-state index in [1.807, 2.05) is 0 Å². The summed E-state index contributed by atoms with van der Waals surface area (Å²) in [6, 6.07) is 9.93. The van der Waals surface area contributed by atoms with E-state index < -0.39 is 5.91 Å². The summed E-state index contributed by atoms with van der Waals surface area (Å²) in [6.07, 6.45) is 1.48. The normalized spacial score (nSPS) is 12.6. The molecule has 0 spiro atoms. The van der Waals surface area contributed by atoms with Crippen LogP contribution in [0, 0.1) is 0 Å². The average Bonchev–Trinajstić information content (AvgIpc) is 2.94. The Labute approximate surface area is 134 Å². The fraction of sp³-hybridized carbons (Fsp3) is 0.0667. The Hall–Kier alpha value is -2.54. The van der Waals surface area contributed by atoms with E-state index in [1.165, 1.54) is 18.3 Å². The molecule has 1 aliphatic heterocycles. The molecule has 0 radical (unpaired) electrons. The van der Waals surface area contributed by atoms with Gasteiger partial charge in [0.05, 0.1) is 11.8 Å². The van der Waals surface area contributed by atoms with Gasteiger partial charge in [0.15, 0.2) is 11.5 Å². The lowest BCUT2D eigenvalue weighted by Gasteiger charge is -2.03. The number of nitrogens with zero attached hydrogens (tertiary/aromatic N) is 1. The largest absolute Gasteiger partial charge is 0.507 e. The maximum Gasteiger partial charge on any atom is 0.275 e. The monoisotopic (exact) mass is 362 g/mol. The maximum absolute atomic E-state index is 11.9. The second-order valence-corrected chi connectivity index (χ2v) is 5.39. The van der Waals surface area contributed by atoms with E-state index in [9.17, 15) is 9.90 Å². The minimum Gasteiger partial charge on any atom is -0.507 e. The molecule has 112 valence electrons. The van der Waals surface area contributed by atoms with Gasteiger partial charge in [-0.15, -0.1) is 0 Å². The van der Waals surface area contributed by atoms with Crippen LogP contribution in [0.4, 0.5) is 0 Å². The summed E-state index contributed by atoms with van der Waals surface area (Å²) in [5.41, 5.74) is 3.26. The van der Waals surface area contributed by atoms with Crippen LogP contribution in [0.15, 0.2) is 46.0 Å². The molecule has 0 aromatic heterocycles. The van der Waals surface area contributed by atoms with E-state index in [1.54, 1.807) is 24.3 Å². The summed E-state index contributed by atoms with van der Waals surface area (Å²) in [4.78, 5) is 11.9. The minimum absolute atomic E-state index is 0.120. The van der Waals surface area contributed by atoms with E-state index >= 15 is 0 Å². The van der Waals surface area contributed by atoms with E-state index in [0.717, 1.165) is 5.56 Å². The van der Waals surface area contributed by atoms with Gasteiger partial charge in [0, 0.05) is 4.47 Å². The molecule has 2 aromatic carbocycles.